The molecule has 0 heterocycles. The van der Waals surface area contributed by atoms with E-state index in [-0.39, 0.29) is 5.91 Å². The van der Waals surface area contributed by atoms with Crippen molar-refractivity contribution in [2.75, 3.05) is 5.32 Å². The number of carbonyl (C=O) groups is 1. The predicted octanol–water partition coefficient (Wildman–Crippen LogP) is 5.21. The summed E-state index contributed by atoms with van der Waals surface area (Å²) in [6.45, 7) is 9.98. The first-order chi connectivity index (χ1) is 10.3. The van der Waals surface area contributed by atoms with Gasteiger partial charge >= 0.3 is 0 Å². The Morgan fingerprint density at radius 3 is 2.23 bits per heavy atom. The zero-order valence-electron chi connectivity index (χ0n) is 14.2. The quantitative estimate of drug-likeness (QED) is 0.827. The minimum Gasteiger partial charge on any atom is -0.325 e. The van der Waals surface area contributed by atoms with Gasteiger partial charge in [-0.15, -0.1) is 0 Å². The Bertz CT molecular complexity index is 663. The maximum absolute atomic E-state index is 12.4. The molecule has 2 aromatic rings. The van der Waals surface area contributed by atoms with Gasteiger partial charge in [-0.05, 0) is 30.5 Å². The van der Waals surface area contributed by atoms with Crippen LogP contribution < -0.4 is 5.32 Å². The molecule has 22 heavy (non-hydrogen) atoms. The van der Waals surface area contributed by atoms with Crippen molar-refractivity contribution in [1.29, 1.82) is 0 Å². The van der Waals surface area contributed by atoms with Crippen molar-refractivity contribution < 1.29 is 4.79 Å². The molecule has 0 fully saturated rings. The maximum atomic E-state index is 12.4. The van der Waals surface area contributed by atoms with Crippen LogP contribution in [0.2, 0.25) is 0 Å². The summed E-state index contributed by atoms with van der Waals surface area (Å²) in [6, 6.07) is 14.7. The minimum absolute atomic E-state index is 0.0362. The smallest absolute Gasteiger partial charge is 0.229 e. The minimum atomic E-state index is -0.410. The van der Waals surface area contributed by atoms with Gasteiger partial charge in [-0.25, -0.2) is 0 Å². The van der Waals surface area contributed by atoms with E-state index in [1.807, 2.05) is 20.8 Å². The summed E-state index contributed by atoms with van der Waals surface area (Å²) >= 11 is 0. The lowest BCUT2D eigenvalue weighted by atomic mass is 9.94. The lowest BCUT2D eigenvalue weighted by Crippen LogP contribution is -2.27. The van der Waals surface area contributed by atoms with Crippen molar-refractivity contribution in [2.24, 2.45) is 5.41 Å². The molecular formula is C20H25NO. The zero-order chi connectivity index (χ0) is 16.3. The van der Waals surface area contributed by atoms with Crippen molar-refractivity contribution in [1.82, 2.24) is 0 Å². The fraction of sp³-hybridized carbons (Fsp3) is 0.350. The topological polar surface area (TPSA) is 29.1 Å². The molecule has 2 aromatic carbocycles. The van der Waals surface area contributed by atoms with Gasteiger partial charge in [0.1, 0.15) is 0 Å². The van der Waals surface area contributed by atoms with Crippen LogP contribution in [0.4, 0.5) is 5.69 Å². The number of aryl methyl sites for hydroxylation is 2. The van der Waals surface area contributed by atoms with E-state index >= 15 is 0 Å². The molecule has 116 valence electrons. The molecule has 0 aliphatic carbocycles. The summed E-state index contributed by atoms with van der Waals surface area (Å²) in [5.41, 5.74) is 5.12. The predicted molar refractivity (Wildman–Crippen MR) is 94.1 cm³/mol. The first kappa shape index (κ1) is 16.3. The van der Waals surface area contributed by atoms with Gasteiger partial charge in [0.2, 0.25) is 5.91 Å². The van der Waals surface area contributed by atoms with E-state index in [0.29, 0.717) is 0 Å². The highest BCUT2D eigenvalue weighted by atomic mass is 16.2. The molecule has 0 aliphatic rings. The lowest BCUT2D eigenvalue weighted by molar-refractivity contribution is -0.123. The van der Waals surface area contributed by atoms with Gasteiger partial charge in [0.05, 0.1) is 0 Å². The summed E-state index contributed by atoms with van der Waals surface area (Å²) in [6.07, 6.45) is 0.951. The zero-order valence-corrected chi connectivity index (χ0v) is 14.2. The van der Waals surface area contributed by atoms with Crippen LogP contribution >= 0.6 is 0 Å². The SMILES string of the molecule is CCc1ccc(-c2ccc(C)cc2)c(NC(=O)C(C)(C)C)c1. The van der Waals surface area contributed by atoms with E-state index in [2.05, 4.69) is 61.6 Å². The largest absolute Gasteiger partial charge is 0.325 e. The Hall–Kier alpha value is -2.09. The molecular weight excluding hydrogens is 270 g/mol. The van der Waals surface area contributed by atoms with Crippen molar-refractivity contribution in [3.63, 3.8) is 0 Å². The van der Waals surface area contributed by atoms with E-state index in [4.69, 9.17) is 0 Å². The maximum Gasteiger partial charge on any atom is 0.229 e. The number of carbonyl (C=O) groups excluding carboxylic acids is 1. The third-order valence-corrected chi connectivity index (χ3v) is 3.78. The van der Waals surface area contributed by atoms with Crippen molar-refractivity contribution >= 4 is 11.6 Å². The van der Waals surface area contributed by atoms with Crippen LogP contribution in [-0.2, 0) is 11.2 Å². The molecule has 0 atom stereocenters. The molecule has 0 aromatic heterocycles. The van der Waals surface area contributed by atoms with E-state index in [1.165, 1.54) is 11.1 Å². The van der Waals surface area contributed by atoms with Gasteiger partial charge in [-0.2, -0.15) is 0 Å². The average Bonchev–Trinajstić information content (AvgIpc) is 2.47. The van der Waals surface area contributed by atoms with Crippen molar-refractivity contribution in [2.45, 2.75) is 41.0 Å². The second kappa shape index (κ2) is 6.35. The second-order valence-electron chi connectivity index (χ2n) is 6.80. The van der Waals surface area contributed by atoms with Gasteiger partial charge in [0.15, 0.2) is 0 Å². The summed E-state index contributed by atoms with van der Waals surface area (Å²) in [7, 11) is 0. The Morgan fingerprint density at radius 1 is 1.05 bits per heavy atom. The number of anilines is 1. The Morgan fingerprint density at radius 2 is 1.68 bits per heavy atom. The molecule has 0 radical (unpaired) electrons. The Labute approximate surface area is 133 Å². The molecule has 2 heteroatoms. The van der Waals surface area contributed by atoms with Crippen LogP contribution in [0.25, 0.3) is 11.1 Å². The number of benzene rings is 2. The molecule has 2 rings (SSSR count). The Kier molecular flexibility index (Phi) is 4.70. The summed E-state index contributed by atoms with van der Waals surface area (Å²) in [5.74, 6) is 0.0362. The fourth-order valence-corrected chi connectivity index (χ4v) is 2.21. The summed E-state index contributed by atoms with van der Waals surface area (Å²) in [5, 5.41) is 3.10. The second-order valence-corrected chi connectivity index (χ2v) is 6.80. The lowest BCUT2D eigenvalue weighted by Gasteiger charge is -2.20. The molecule has 0 bridgehead atoms. The molecule has 0 saturated carbocycles. The highest BCUT2D eigenvalue weighted by Gasteiger charge is 2.22. The van der Waals surface area contributed by atoms with Crippen LogP contribution in [0.5, 0.6) is 0 Å². The van der Waals surface area contributed by atoms with Gasteiger partial charge in [0, 0.05) is 16.7 Å². The van der Waals surface area contributed by atoms with E-state index in [1.54, 1.807) is 0 Å². The summed E-state index contributed by atoms with van der Waals surface area (Å²) < 4.78 is 0. The molecule has 1 amide bonds. The third-order valence-electron chi connectivity index (χ3n) is 3.78. The normalized spacial score (nSPS) is 11.3. The van der Waals surface area contributed by atoms with Gasteiger partial charge in [-0.1, -0.05) is 69.7 Å². The highest BCUT2D eigenvalue weighted by Crippen LogP contribution is 2.31. The van der Waals surface area contributed by atoms with Crippen LogP contribution in [0.1, 0.15) is 38.8 Å². The van der Waals surface area contributed by atoms with Gasteiger partial charge in [0.25, 0.3) is 0 Å². The first-order valence-corrected chi connectivity index (χ1v) is 7.82. The Balaban J connectivity index is 2.45. The standard InChI is InChI=1S/C20H25NO/c1-6-15-9-12-17(16-10-7-14(2)8-11-16)18(13-15)21-19(22)20(3,4)5/h7-13H,6H2,1-5H3,(H,21,22). The van der Waals surface area contributed by atoms with Crippen LogP contribution in [0.3, 0.4) is 0 Å². The van der Waals surface area contributed by atoms with Gasteiger partial charge in [-0.3, -0.25) is 4.79 Å². The van der Waals surface area contributed by atoms with Crippen LogP contribution in [0, 0.1) is 12.3 Å². The van der Waals surface area contributed by atoms with Crippen molar-refractivity contribution in [3.8, 4) is 11.1 Å². The number of hydrogen-bond acceptors (Lipinski definition) is 1. The van der Waals surface area contributed by atoms with Crippen molar-refractivity contribution in [3.05, 3.63) is 53.6 Å². The molecule has 0 aliphatic heterocycles. The van der Waals surface area contributed by atoms with Gasteiger partial charge < -0.3 is 5.32 Å². The van der Waals surface area contributed by atoms with E-state index in [0.717, 1.165) is 23.2 Å². The molecule has 2 nitrogen and oxygen atoms in total. The highest BCUT2D eigenvalue weighted by molar-refractivity contribution is 5.98. The average molecular weight is 295 g/mol. The monoisotopic (exact) mass is 295 g/mol. The summed E-state index contributed by atoms with van der Waals surface area (Å²) in [4.78, 5) is 12.4. The molecule has 0 spiro atoms. The number of nitrogens with one attached hydrogen (secondary N) is 1. The molecule has 0 saturated heterocycles. The first-order valence-electron chi connectivity index (χ1n) is 7.82. The third kappa shape index (κ3) is 3.76. The van der Waals surface area contributed by atoms with Crippen LogP contribution in [0.15, 0.2) is 42.5 Å². The number of rotatable bonds is 3. The number of hydrogen-bond donors (Lipinski definition) is 1. The van der Waals surface area contributed by atoms with Crippen LogP contribution in [-0.4, -0.2) is 5.91 Å². The fourth-order valence-electron chi connectivity index (χ4n) is 2.21. The molecule has 1 N–H and O–H groups in total. The number of amides is 1. The van der Waals surface area contributed by atoms with E-state index in [9.17, 15) is 4.79 Å². The van der Waals surface area contributed by atoms with E-state index < -0.39 is 5.41 Å². The molecule has 0 unspecified atom stereocenters.